The summed E-state index contributed by atoms with van der Waals surface area (Å²) in [5, 5.41) is 9.20. The number of ether oxygens (including phenoxy) is 1. The third-order valence-corrected chi connectivity index (χ3v) is 6.16. The highest BCUT2D eigenvalue weighted by atomic mass is 19.1. The number of pyridine rings is 1. The Balaban J connectivity index is 1.73. The molecule has 3 heterocycles. The van der Waals surface area contributed by atoms with E-state index in [1.807, 2.05) is 17.9 Å². The average molecular weight is 470 g/mol. The van der Waals surface area contributed by atoms with Gasteiger partial charge in [-0.1, -0.05) is 6.92 Å². The highest BCUT2D eigenvalue weighted by Gasteiger charge is 2.22. The summed E-state index contributed by atoms with van der Waals surface area (Å²) in [6.07, 6.45) is 2.59. The second-order valence-electron chi connectivity index (χ2n) is 8.58. The Labute approximate surface area is 198 Å². The third-order valence-electron chi connectivity index (χ3n) is 6.16. The van der Waals surface area contributed by atoms with E-state index in [4.69, 9.17) is 9.72 Å². The zero-order valence-electron chi connectivity index (χ0n) is 19.8. The maximum absolute atomic E-state index is 13.8. The molecule has 1 aromatic carbocycles. The van der Waals surface area contributed by atoms with Crippen LogP contribution in [-0.2, 0) is 11.3 Å². The van der Waals surface area contributed by atoms with Gasteiger partial charge in [0.05, 0.1) is 30.6 Å². The van der Waals surface area contributed by atoms with Crippen molar-refractivity contribution < 1.29 is 14.2 Å². The molecule has 3 aromatic rings. The lowest BCUT2D eigenvalue weighted by Crippen LogP contribution is -2.49. The lowest BCUT2D eigenvalue weighted by Gasteiger charge is -2.34. The van der Waals surface area contributed by atoms with Crippen molar-refractivity contribution in [3.05, 3.63) is 52.2 Å². The minimum atomic E-state index is -0.264. The molecule has 34 heavy (non-hydrogen) atoms. The predicted octanol–water partition coefficient (Wildman–Crippen LogP) is 2.45. The van der Waals surface area contributed by atoms with Crippen molar-refractivity contribution in [3.63, 3.8) is 0 Å². The van der Waals surface area contributed by atoms with Crippen LogP contribution in [0.5, 0.6) is 0 Å². The average Bonchev–Trinajstić information content (AvgIpc) is 2.85. The molecule has 0 unspecified atom stereocenters. The lowest BCUT2D eigenvalue weighted by molar-refractivity contribution is 0.127. The first-order valence-corrected chi connectivity index (χ1v) is 11.8. The van der Waals surface area contributed by atoms with Gasteiger partial charge in [0.2, 0.25) is 0 Å². The molecule has 0 saturated carbocycles. The molecule has 4 rings (SSSR count). The first kappa shape index (κ1) is 24.3. The zero-order valence-corrected chi connectivity index (χ0v) is 19.8. The number of rotatable bonds is 9. The fourth-order valence-electron chi connectivity index (χ4n) is 4.25. The number of fused-ring (bicyclic) bond motifs is 1. The Hall–Kier alpha value is -2.88. The third kappa shape index (κ3) is 5.27. The molecule has 0 amide bonds. The van der Waals surface area contributed by atoms with Crippen molar-refractivity contribution in [2.45, 2.75) is 26.8 Å². The largest absolute Gasteiger partial charge is 0.395 e. The van der Waals surface area contributed by atoms with Crippen LogP contribution in [0.3, 0.4) is 0 Å². The second-order valence-corrected chi connectivity index (χ2v) is 8.58. The molecule has 0 atom stereocenters. The zero-order chi connectivity index (χ0) is 24.1. The normalized spacial score (nSPS) is 14.8. The number of hydrogen-bond donors (Lipinski definition) is 1. The van der Waals surface area contributed by atoms with Gasteiger partial charge in [0, 0.05) is 51.4 Å². The number of aromatic nitrogens is 3. The van der Waals surface area contributed by atoms with Crippen molar-refractivity contribution >= 4 is 16.9 Å². The predicted molar refractivity (Wildman–Crippen MR) is 131 cm³/mol. The molecule has 0 spiro atoms. The molecule has 1 aliphatic heterocycles. The molecule has 8 nitrogen and oxygen atoms in total. The maximum Gasteiger partial charge on any atom is 0.294 e. The molecule has 9 heteroatoms. The molecule has 2 aromatic heterocycles. The van der Waals surface area contributed by atoms with E-state index in [2.05, 4.69) is 9.88 Å². The van der Waals surface area contributed by atoms with Crippen molar-refractivity contribution in [2.75, 3.05) is 57.4 Å². The number of aliphatic hydroxyl groups excluding tert-OH is 1. The van der Waals surface area contributed by atoms with Gasteiger partial charge in [0.25, 0.3) is 5.56 Å². The summed E-state index contributed by atoms with van der Waals surface area (Å²) in [7, 11) is 0. The molecular weight excluding hydrogens is 437 g/mol. The number of halogens is 1. The highest BCUT2D eigenvalue weighted by Crippen LogP contribution is 2.24. The molecule has 1 fully saturated rings. The second kappa shape index (κ2) is 11.0. The van der Waals surface area contributed by atoms with Gasteiger partial charge >= 0.3 is 0 Å². The summed E-state index contributed by atoms with van der Waals surface area (Å²) >= 11 is 0. The van der Waals surface area contributed by atoms with E-state index in [-0.39, 0.29) is 18.0 Å². The van der Waals surface area contributed by atoms with Crippen LogP contribution in [0.15, 0.2) is 35.3 Å². The minimum Gasteiger partial charge on any atom is -0.395 e. The van der Waals surface area contributed by atoms with Crippen LogP contribution in [0.4, 0.5) is 10.2 Å². The van der Waals surface area contributed by atoms with E-state index in [1.165, 1.54) is 6.07 Å². The molecule has 0 aliphatic carbocycles. The number of aryl methyl sites for hydroxylation is 1. The Morgan fingerprint density at radius 2 is 1.91 bits per heavy atom. The van der Waals surface area contributed by atoms with E-state index in [1.54, 1.807) is 29.8 Å². The van der Waals surface area contributed by atoms with Crippen LogP contribution in [-0.4, -0.2) is 77.1 Å². The van der Waals surface area contributed by atoms with Crippen LogP contribution >= 0.6 is 0 Å². The van der Waals surface area contributed by atoms with Gasteiger partial charge in [-0.2, -0.15) is 0 Å². The van der Waals surface area contributed by atoms with Gasteiger partial charge in [-0.3, -0.25) is 14.7 Å². The number of hydrogen-bond acceptors (Lipinski definition) is 7. The number of benzene rings is 1. The first-order chi connectivity index (χ1) is 16.5. The van der Waals surface area contributed by atoms with Crippen molar-refractivity contribution in [2.24, 2.45) is 0 Å². The maximum atomic E-state index is 13.8. The first-order valence-electron chi connectivity index (χ1n) is 11.8. The van der Waals surface area contributed by atoms with Gasteiger partial charge in [0.1, 0.15) is 11.3 Å². The van der Waals surface area contributed by atoms with Gasteiger partial charge in [-0.15, -0.1) is 0 Å². The van der Waals surface area contributed by atoms with E-state index in [0.29, 0.717) is 67.5 Å². The molecule has 0 bridgehead atoms. The molecule has 1 aliphatic rings. The Bertz CT molecular complexity index is 1190. The van der Waals surface area contributed by atoms with Crippen LogP contribution in [0.25, 0.3) is 22.3 Å². The fraction of sp³-hybridized carbons (Fsp3) is 0.480. The van der Waals surface area contributed by atoms with Crippen LogP contribution in [0, 0.1) is 12.7 Å². The number of piperazine rings is 1. The van der Waals surface area contributed by atoms with Crippen LogP contribution in [0.2, 0.25) is 0 Å². The Morgan fingerprint density at radius 1 is 1.12 bits per heavy atom. The molecule has 1 saturated heterocycles. The topological polar surface area (TPSA) is 83.7 Å². The summed E-state index contributed by atoms with van der Waals surface area (Å²) in [6, 6.07) is 6.72. The number of β-amino-alcohol motifs (C(OH)–C–C–N with tert-alkyl or cyclic N) is 1. The van der Waals surface area contributed by atoms with Crippen molar-refractivity contribution in [1.82, 2.24) is 19.4 Å². The molecule has 0 radical (unpaired) electrons. The van der Waals surface area contributed by atoms with E-state index in [9.17, 15) is 14.3 Å². The highest BCUT2D eigenvalue weighted by molar-refractivity contribution is 5.80. The monoisotopic (exact) mass is 469 g/mol. The lowest BCUT2D eigenvalue weighted by atomic mass is 10.1. The number of anilines is 1. The van der Waals surface area contributed by atoms with Crippen LogP contribution < -0.4 is 10.5 Å². The van der Waals surface area contributed by atoms with E-state index < -0.39 is 0 Å². The molecule has 1 N–H and O–H groups in total. The summed E-state index contributed by atoms with van der Waals surface area (Å²) in [5.41, 5.74) is 3.14. The number of nitrogens with zero attached hydrogens (tertiary/aromatic N) is 5. The van der Waals surface area contributed by atoms with Gasteiger partial charge in [-0.25, -0.2) is 9.37 Å². The molecule has 182 valence electrons. The minimum absolute atomic E-state index is 0.125. The van der Waals surface area contributed by atoms with Crippen molar-refractivity contribution in [3.8, 4) is 11.3 Å². The summed E-state index contributed by atoms with van der Waals surface area (Å²) < 4.78 is 21.2. The summed E-state index contributed by atoms with van der Waals surface area (Å²) in [4.78, 5) is 27.0. The van der Waals surface area contributed by atoms with Crippen LogP contribution in [0.1, 0.15) is 18.9 Å². The SMILES string of the molecule is CCCOCCn1c(=O)c(N2CCN(CCO)CC2)nc2cnc(-c3ccc(F)c(C)c3)cc21. The van der Waals surface area contributed by atoms with Gasteiger partial charge < -0.3 is 19.3 Å². The van der Waals surface area contributed by atoms with E-state index >= 15 is 0 Å². The smallest absolute Gasteiger partial charge is 0.294 e. The van der Waals surface area contributed by atoms with E-state index in [0.717, 1.165) is 25.1 Å². The Kier molecular flexibility index (Phi) is 7.87. The fourth-order valence-corrected chi connectivity index (χ4v) is 4.25. The Morgan fingerprint density at radius 3 is 2.62 bits per heavy atom. The van der Waals surface area contributed by atoms with Gasteiger partial charge in [0.15, 0.2) is 5.82 Å². The number of aliphatic hydroxyl groups is 1. The summed E-state index contributed by atoms with van der Waals surface area (Å²) in [6.45, 7) is 8.85. The van der Waals surface area contributed by atoms with Crippen molar-refractivity contribution in [1.29, 1.82) is 0 Å². The molecular formula is C25H32FN5O3. The quantitative estimate of drug-likeness (QED) is 0.482. The standard InChI is InChI=1S/C25H32FN5O3/c1-3-13-34-14-11-31-23-16-21(19-4-5-20(26)18(2)15-19)27-17-22(23)28-24(25(31)33)30-8-6-29(7-9-30)10-12-32/h4-5,15-17,32H,3,6-14H2,1-2H3. The summed E-state index contributed by atoms with van der Waals surface area (Å²) in [5.74, 6) is 0.152. The van der Waals surface area contributed by atoms with Gasteiger partial charge in [-0.05, 0) is 43.2 Å².